The van der Waals surface area contributed by atoms with Crippen molar-refractivity contribution in [1.29, 1.82) is 0 Å². The monoisotopic (exact) mass is 1260 g/mol. The van der Waals surface area contributed by atoms with Crippen LogP contribution in [0.1, 0.15) is 52.7 Å². The summed E-state index contributed by atoms with van der Waals surface area (Å²) in [7, 11) is 0. The van der Waals surface area contributed by atoms with Crippen LogP contribution in [0.2, 0.25) is 0 Å². The van der Waals surface area contributed by atoms with Crippen molar-refractivity contribution in [2.45, 2.75) is 79.6 Å². The Bertz CT molecular complexity index is 3090. The van der Waals surface area contributed by atoms with Gasteiger partial charge in [-0.1, -0.05) is 12.5 Å². The van der Waals surface area contributed by atoms with Crippen LogP contribution < -0.4 is 115 Å². The lowest BCUT2D eigenvalue weighted by atomic mass is 9.77. The van der Waals surface area contributed by atoms with Gasteiger partial charge >= 0.3 is 5.97 Å². The second-order valence-electron chi connectivity index (χ2n) is 20.1. The number of esters is 1. The molecule has 0 aromatic heterocycles. The van der Waals surface area contributed by atoms with Gasteiger partial charge in [0.15, 0.2) is 10.7 Å². The fraction of sp³-hybridized carbons (Fsp3) is 0.434. The predicted molar refractivity (Wildman–Crippen MR) is 321 cm³/mol. The Hall–Kier alpha value is -9.24. The summed E-state index contributed by atoms with van der Waals surface area (Å²) in [6, 6.07) is 2.34. The molecule has 0 unspecified atom stereocenters. The molecule has 0 saturated carbocycles. The molecule has 0 radical (unpaired) electrons. The number of fused-ring (bicyclic) bond motifs is 6. The van der Waals surface area contributed by atoms with Crippen molar-refractivity contribution in [2.75, 3.05) is 70.8 Å². The molecular weight excluding hydrogens is 1190 g/mol. The van der Waals surface area contributed by atoms with Crippen molar-refractivity contribution in [3.05, 3.63) is 76.9 Å². The molecular formula is C53H76N20O15S. The summed E-state index contributed by atoms with van der Waals surface area (Å²) in [6.07, 6.45) is 1.51. The number of nitrogens with two attached hydrogens (primary N) is 9. The topological polar surface area (TPSA) is 613 Å². The van der Waals surface area contributed by atoms with Gasteiger partial charge in [-0.15, -0.1) is 0 Å². The molecule has 2 aliphatic rings. The van der Waals surface area contributed by atoms with E-state index >= 15 is 0 Å². The van der Waals surface area contributed by atoms with E-state index in [9.17, 15) is 63.0 Å². The van der Waals surface area contributed by atoms with Crippen LogP contribution in [0.3, 0.4) is 0 Å². The highest BCUT2D eigenvalue weighted by Crippen LogP contribution is 2.57. The summed E-state index contributed by atoms with van der Waals surface area (Å²) in [5, 5.41) is 47.6. The molecule has 0 bridgehead atoms. The summed E-state index contributed by atoms with van der Waals surface area (Å²) in [5.41, 5.74) is 51.5. The van der Waals surface area contributed by atoms with Gasteiger partial charge in [0, 0.05) is 99.8 Å². The second-order valence-corrected chi connectivity index (χ2v) is 20.5. The van der Waals surface area contributed by atoms with E-state index in [4.69, 9.17) is 73.3 Å². The molecule has 10 amide bonds. The summed E-state index contributed by atoms with van der Waals surface area (Å²) < 4.78 is 12.1. The number of amides is 10. The summed E-state index contributed by atoms with van der Waals surface area (Å²) in [6.45, 7) is -4.02. The molecule has 8 atom stereocenters. The Morgan fingerprint density at radius 1 is 0.494 bits per heavy atom. The number of hydrogen-bond donors (Lipinski definition) is 22. The molecule has 35 nitrogen and oxygen atoms in total. The SMILES string of the molecule is NC[C@H](NC(=O)[C@H](CN)NC(=O)[C@H](CN)NC(=O)[C@H](CN)NC(=O)[C@H](CN)NC(=O)[C@H](CN)NC(=O)[C@H](CN)NC(=O)[C@H](CN)NCC(=O)NC(=O)CCCCCNC(=S)Nc1ccc2c(c1)C(=O)OC21c2ccc(O)cc2Oc2cc(O)ccc21)C(N)=O. The summed E-state index contributed by atoms with van der Waals surface area (Å²) in [4.78, 5) is 142. The number of carbonyl (C=O) groups excluding carboxylic acids is 11. The number of imide groups is 1. The second kappa shape index (κ2) is 33.2. The lowest BCUT2D eigenvalue weighted by Gasteiger charge is -2.36. The number of nitrogens with one attached hydrogen (secondary N) is 11. The number of rotatable bonds is 33. The van der Waals surface area contributed by atoms with Crippen LogP contribution in [0.25, 0.3) is 0 Å². The van der Waals surface area contributed by atoms with Crippen LogP contribution >= 0.6 is 12.2 Å². The average molecular weight is 1270 g/mol. The molecule has 36 heteroatoms. The number of carbonyl (C=O) groups is 11. The molecule has 31 N–H and O–H groups in total. The predicted octanol–water partition coefficient (Wildman–Crippen LogP) is -9.34. The molecule has 1 spiro atoms. The molecule has 3 aromatic carbocycles. The van der Waals surface area contributed by atoms with Gasteiger partial charge in [-0.2, -0.15) is 0 Å². The minimum absolute atomic E-state index is 0.0177. The number of primary amides is 1. The number of thiocarbonyl (C=S) groups is 1. The van der Waals surface area contributed by atoms with Crippen LogP contribution in [0, 0.1) is 0 Å². The van der Waals surface area contributed by atoms with Crippen molar-refractivity contribution in [3.63, 3.8) is 0 Å². The van der Waals surface area contributed by atoms with Gasteiger partial charge in [-0.05, 0) is 61.5 Å². The first-order valence-corrected chi connectivity index (χ1v) is 28.2. The van der Waals surface area contributed by atoms with Crippen molar-refractivity contribution >= 4 is 88.1 Å². The van der Waals surface area contributed by atoms with Crippen LogP contribution in [-0.4, -0.2) is 194 Å². The van der Waals surface area contributed by atoms with Gasteiger partial charge < -0.3 is 119 Å². The maximum atomic E-state index is 13.5. The van der Waals surface area contributed by atoms with E-state index in [2.05, 4.69) is 58.5 Å². The van der Waals surface area contributed by atoms with E-state index in [1.807, 2.05) is 0 Å². The van der Waals surface area contributed by atoms with Crippen LogP contribution in [0.4, 0.5) is 5.69 Å². The van der Waals surface area contributed by atoms with Gasteiger partial charge in [-0.25, -0.2) is 4.79 Å². The molecule has 2 heterocycles. The molecule has 484 valence electrons. The fourth-order valence-electron chi connectivity index (χ4n) is 9.05. The van der Waals surface area contributed by atoms with E-state index < -0.39 is 165 Å². The lowest BCUT2D eigenvalue weighted by Crippen LogP contribution is -2.64. The highest BCUT2D eigenvalue weighted by Gasteiger charge is 2.54. The molecule has 5 rings (SSSR count). The van der Waals surface area contributed by atoms with Crippen LogP contribution in [0.15, 0.2) is 54.6 Å². The zero-order chi connectivity index (χ0) is 65.7. The molecule has 0 fully saturated rings. The Kier molecular flexibility index (Phi) is 26.3. The third-order valence-electron chi connectivity index (χ3n) is 13.8. The largest absolute Gasteiger partial charge is 0.508 e. The van der Waals surface area contributed by atoms with Crippen LogP contribution in [0.5, 0.6) is 23.0 Å². The third-order valence-corrected chi connectivity index (χ3v) is 14.1. The van der Waals surface area contributed by atoms with Crippen LogP contribution in [-0.2, 0) is 58.3 Å². The Morgan fingerprint density at radius 2 is 0.888 bits per heavy atom. The highest BCUT2D eigenvalue weighted by atomic mass is 32.1. The fourth-order valence-corrected chi connectivity index (χ4v) is 9.27. The minimum Gasteiger partial charge on any atom is -0.508 e. The first-order valence-electron chi connectivity index (χ1n) is 27.8. The summed E-state index contributed by atoms with van der Waals surface area (Å²) >= 11 is 5.48. The zero-order valence-corrected chi connectivity index (χ0v) is 48.8. The molecule has 89 heavy (non-hydrogen) atoms. The van der Waals surface area contributed by atoms with Gasteiger partial charge in [0.1, 0.15) is 65.3 Å². The van der Waals surface area contributed by atoms with Crippen molar-refractivity contribution < 1.29 is 72.4 Å². The van der Waals surface area contributed by atoms with E-state index in [1.54, 1.807) is 30.3 Å². The van der Waals surface area contributed by atoms with Crippen molar-refractivity contribution in [2.24, 2.45) is 51.6 Å². The number of phenols is 2. The molecule has 3 aromatic rings. The van der Waals surface area contributed by atoms with E-state index in [0.717, 1.165) is 0 Å². The normalized spacial score (nSPS) is 15.1. The molecule has 2 aliphatic heterocycles. The standard InChI is InChI=1S/C53H76N20O15S/c54-15-31(43(62)78)66-45(80)33(17-56)68-47(82)35(19-58)70-49(84)37(21-60)72-50(85)38(22-61)71-48(83)36(20-59)69-46(81)34(18-57)67-44(79)32(16-55)64-23-42(77)73-41(76)4-2-1-3-11-63-52(89)65-24-5-8-28-27(12-24)51(86)88-53(28)29-9-6-25(74)13-39(29)87-40-14-26(75)7-10-30(40)53/h5-10,12-14,31-38,64,74-75H,1-4,11,15-23,54-61H2,(H2,62,78)(H,66,80)(H,67,79)(H,68,82)(H,69,81)(H,70,84)(H,71,83)(H,72,85)(H2,63,65,89)(H,73,76,77)/t31-,32-,33-,34-,35-,36-,37-,38-/m0/s1. The van der Waals surface area contributed by atoms with E-state index in [1.165, 1.54) is 24.3 Å². The van der Waals surface area contributed by atoms with Gasteiger partial charge in [-0.3, -0.25) is 58.6 Å². The minimum atomic E-state index is -1.56. The number of benzene rings is 3. The first-order chi connectivity index (χ1) is 42.4. The van der Waals surface area contributed by atoms with Gasteiger partial charge in [0.05, 0.1) is 18.2 Å². The van der Waals surface area contributed by atoms with Crippen molar-refractivity contribution in [1.82, 2.24) is 53.2 Å². The number of anilines is 1. The summed E-state index contributed by atoms with van der Waals surface area (Å²) in [5.74, 6) is -9.49. The third kappa shape index (κ3) is 18.4. The highest BCUT2D eigenvalue weighted by molar-refractivity contribution is 7.80. The smallest absolute Gasteiger partial charge is 0.340 e. The van der Waals surface area contributed by atoms with E-state index in [-0.39, 0.29) is 53.2 Å². The number of hydrogen-bond acceptors (Lipinski definition) is 25. The van der Waals surface area contributed by atoms with Gasteiger partial charge in [0.2, 0.25) is 59.1 Å². The molecule has 0 aliphatic carbocycles. The molecule has 0 saturated heterocycles. The number of ether oxygens (including phenoxy) is 2. The zero-order valence-electron chi connectivity index (χ0n) is 48.0. The van der Waals surface area contributed by atoms with Crippen molar-refractivity contribution in [3.8, 4) is 23.0 Å². The quantitative estimate of drug-likeness (QED) is 0.0153. The van der Waals surface area contributed by atoms with Gasteiger partial charge in [0.25, 0.3) is 0 Å². The maximum absolute atomic E-state index is 13.5. The lowest BCUT2D eigenvalue weighted by molar-refractivity contribution is -0.135. The Balaban J connectivity index is 1.00. The number of aromatic hydroxyl groups is 2. The Labute approximate surface area is 513 Å². The Morgan fingerprint density at radius 3 is 1.29 bits per heavy atom. The maximum Gasteiger partial charge on any atom is 0.340 e. The number of unbranched alkanes of at least 4 members (excludes halogenated alkanes) is 2. The first kappa shape index (κ1) is 70.5. The van der Waals surface area contributed by atoms with E-state index in [0.29, 0.717) is 48.2 Å². The number of phenolic OH excluding ortho intramolecular Hbond substituents is 2. The average Bonchev–Trinajstić information content (AvgIpc) is 1.65.